The summed E-state index contributed by atoms with van der Waals surface area (Å²) in [4.78, 5) is 41.1. The van der Waals surface area contributed by atoms with E-state index >= 15 is 0 Å². The summed E-state index contributed by atoms with van der Waals surface area (Å²) in [6.07, 6.45) is 0.0455. The van der Waals surface area contributed by atoms with Crippen molar-refractivity contribution in [2.45, 2.75) is 39.0 Å². The highest BCUT2D eigenvalue weighted by molar-refractivity contribution is 5.87. The molecule has 158 valence electrons. The first-order valence-electron chi connectivity index (χ1n) is 9.72. The molecule has 4 heterocycles. The van der Waals surface area contributed by atoms with Crippen molar-refractivity contribution < 1.29 is 28.6 Å². The third-order valence-electron chi connectivity index (χ3n) is 5.84. The monoisotopic (exact) mass is 424 g/mol. The normalized spacial score (nSPS) is 18.9. The quantitative estimate of drug-likeness (QED) is 0.388. The minimum absolute atomic E-state index is 0.0455. The van der Waals surface area contributed by atoms with E-state index in [1.54, 1.807) is 19.1 Å². The van der Waals surface area contributed by atoms with Gasteiger partial charge in [-0.25, -0.2) is 14.2 Å². The van der Waals surface area contributed by atoms with Gasteiger partial charge < -0.3 is 19.1 Å². The Morgan fingerprint density at radius 2 is 2.13 bits per heavy atom. The number of nitrogens with zero attached hydrogens (tertiary/aromatic N) is 2. The van der Waals surface area contributed by atoms with Crippen molar-refractivity contribution in [3.63, 3.8) is 0 Å². The fraction of sp³-hybridized carbons (Fsp3) is 0.273. The molecular weight excluding hydrogens is 407 g/mol. The van der Waals surface area contributed by atoms with Crippen LogP contribution in [0, 0.1) is 5.82 Å². The zero-order chi connectivity index (χ0) is 22.1. The number of benzene rings is 1. The molecule has 0 amide bonds. The minimum Gasteiger partial charge on any atom is -0.458 e. The third-order valence-corrected chi connectivity index (χ3v) is 5.84. The van der Waals surface area contributed by atoms with Crippen LogP contribution in [0.25, 0.3) is 22.3 Å². The lowest BCUT2D eigenvalue weighted by atomic mass is 9.86. The Labute approximate surface area is 174 Å². The summed E-state index contributed by atoms with van der Waals surface area (Å²) in [6, 6.07) is 6.00. The van der Waals surface area contributed by atoms with Crippen LogP contribution in [-0.4, -0.2) is 26.6 Å². The highest BCUT2D eigenvalue weighted by atomic mass is 19.1. The number of hydrogen-bond donors (Lipinski definition) is 1. The van der Waals surface area contributed by atoms with Gasteiger partial charge in [-0.15, -0.1) is 0 Å². The molecule has 3 aromatic rings. The van der Waals surface area contributed by atoms with Gasteiger partial charge >= 0.3 is 11.9 Å². The molecule has 0 aliphatic carbocycles. The van der Waals surface area contributed by atoms with E-state index in [9.17, 15) is 23.9 Å². The molecule has 0 radical (unpaired) electrons. The average molecular weight is 424 g/mol. The lowest BCUT2D eigenvalue weighted by molar-refractivity contribution is -0.172. The molecule has 8 nitrogen and oxygen atoms in total. The number of cyclic esters (lactones) is 1. The van der Waals surface area contributed by atoms with Crippen LogP contribution in [0.3, 0.4) is 0 Å². The van der Waals surface area contributed by atoms with Crippen molar-refractivity contribution in [2.75, 3.05) is 0 Å². The number of carbonyl (C=O) groups excluding carboxylic acids is 2. The molecule has 0 fully saturated rings. The second-order valence-corrected chi connectivity index (χ2v) is 7.64. The van der Waals surface area contributed by atoms with Gasteiger partial charge in [-0.3, -0.25) is 9.59 Å². The summed E-state index contributed by atoms with van der Waals surface area (Å²) in [5.41, 5.74) is -0.0605. The van der Waals surface area contributed by atoms with Crippen LogP contribution < -0.4 is 10.3 Å². The fourth-order valence-corrected chi connectivity index (χ4v) is 4.23. The molecule has 2 aliphatic heterocycles. The summed E-state index contributed by atoms with van der Waals surface area (Å²) in [5, 5.41) is 11.0. The number of fused-ring (bicyclic) bond motifs is 5. The minimum atomic E-state index is -1.91. The number of hydrogen-bond acceptors (Lipinski definition) is 7. The van der Waals surface area contributed by atoms with Crippen molar-refractivity contribution in [1.29, 1.82) is 0 Å². The van der Waals surface area contributed by atoms with Crippen molar-refractivity contribution in [1.82, 2.24) is 9.55 Å². The second kappa shape index (κ2) is 6.45. The van der Waals surface area contributed by atoms with E-state index in [2.05, 4.69) is 4.98 Å². The summed E-state index contributed by atoms with van der Waals surface area (Å²) >= 11 is 0. The van der Waals surface area contributed by atoms with Crippen LogP contribution >= 0.6 is 0 Å². The highest BCUT2D eigenvalue weighted by Crippen LogP contribution is 2.39. The van der Waals surface area contributed by atoms with Crippen LogP contribution in [0.2, 0.25) is 0 Å². The first-order valence-corrected chi connectivity index (χ1v) is 9.72. The van der Waals surface area contributed by atoms with Crippen molar-refractivity contribution in [2.24, 2.45) is 0 Å². The molecule has 1 aromatic carbocycles. The van der Waals surface area contributed by atoms with E-state index in [0.717, 1.165) is 0 Å². The van der Waals surface area contributed by atoms with E-state index < -0.39 is 28.9 Å². The van der Waals surface area contributed by atoms with Crippen LogP contribution in [-0.2, 0) is 33.1 Å². The van der Waals surface area contributed by atoms with Gasteiger partial charge in [-0.05, 0) is 30.7 Å². The summed E-state index contributed by atoms with van der Waals surface area (Å²) in [7, 11) is 0. The fourth-order valence-electron chi connectivity index (χ4n) is 4.23. The molecule has 1 N–H and O–H groups in total. The van der Waals surface area contributed by atoms with Gasteiger partial charge in [0.15, 0.2) is 17.2 Å². The standard InChI is InChI=1S/C22H17FN2O6/c1-3-22(29)14-7-16-19-11(8-25(16)20(27)13(14)9-30-21(22)28)6-12-15(24-19)4-5-17(18(12)23)31-10(2)26/h4-7,29H,3,8-9H2,1-2H3/t22-/m0/s1. The molecule has 2 aromatic heterocycles. The summed E-state index contributed by atoms with van der Waals surface area (Å²) < 4.78 is 26.3. The van der Waals surface area contributed by atoms with Crippen LogP contribution in [0.15, 0.2) is 29.1 Å². The average Bonchev–Trinajstić information content (AvgIpc) is 3.10. The van der Waals surface area contributed by atoms with Gasteiger partial charge in [-0.1, -0.05) is 6.92 Å². The number of carbonyl (C=O) groups is 2. The van der Waals surface area contributed by atoms with Crippen molar-refractivity contribution >= 4 is 22.8 Å². The van der Waals surface area contributed by atoms with Crippen molar-refractivity contribution in [3.05, 3.63) is 57.1 Å². The molecule has 5 rings (SSSR count). The summed E-state index contributed by atoms with van der Waals surface area (Å²) in [5.74, 6) is -2.35. The maximum Gasteiger partial charge on any atom is 0.343 e. The SMILES string of the molecule is CC[C@@]1(O)C(=O)OCc2c1cc1n(c2=O)Cc2cc3c(F)c(OC(C)=O)ccc3nc2-1. The van der Waals surface area contributed by atoms with Gasteiger partial charge in [0.2, 0.25) is 0 Å². The molecule has 0 unspecified atom stereocenters. The molecule has 2 aliphatic rings. The zero-order valence-corrected chi connectivity index (χ0v) is 16.7. The molecule has 1 atom stereocenters. The molecular formula is C22H17FN2O6. The number of halogens is 1. The molecule has 0 saturated carbocycles. The second-order valence-electron chi connectivity index (χ2n) is 7.64. The Kier molecular flexibility index (Phi) is 4.03. The van der Waals surface area contributed by atoms with Gasteiger partial charge in [0.1, 0.15) is 6.61 Å². The van der Waals surface area contributed by atoms with Crippen LogP contribution in [0.1, 0.15) is 37.0 Å². The largest absolute Gasteiger partial charge is 0.458 e. The smallest absolute Gasteiger partial charge is 0.343 e. The number of rotatable bonds is 2. The molecule has 31 heavy (non-hydrogen) atoms. The predicted molar refractivity (Wildman–Crippen MR) is 106 cm³/mol. The lowest BCUT2D eigenvalue weighted by Gasteiger charge is -2.31. The molecule has 0 saturated heterocycles. The van der Waals surface area contributed by atoms with E-state index in [1.165, 1.54) is 23.6 Å². The predicted octanol–water partition coefficient (Wildman–Crippen LogP) is 2.14. The summed E-state index contributed by atoms with van der Waals surface area (Å²) in [6.45, 7) is 2.74. The Hall–Kier alpha value is -3.59. The van der Waals surface area contributed by atoms with E-state index in [0.29, 0.717) is 22.5 Å². The van der Waals surface area contributed by atoms with Gasteiger partial charge in [0, 0.05) is 23.4 Å². The number of esters is 2. The zero-order valence-electron chi connectivity index (χ0n) is 16.7. The van der Waals surface area contributed by atoms with Crippen LogP contribution in [0.4, 0.5) is 4.39 Å². The maximum absolute atomic E-state index is 14.9. The number of ether oxygens (including phenoxy) is 2. The Morgan fingerprint density at radius 1 is 1.35 bits per heavy atom. The third kappa shape index (κ3) is 2.63. The molecule has 9 heteroatoms. The Bertz CT molecular complexity index is 1380. The van der Waals surface area contributed by atoms with Gasteiger partial charge in [0.25, 0.3) is 5.56 Å². The topological polar surface area (TPSA) is 108 Å². The first kappa shape index (κ1) is 19.4. The number of aliphatic hydroxyl groups is 1. The van der Waals surface area contributed by atoms with Gasteiger partial charge in [-0.2, -0.15) is 0 Å². The molecule has 0 spiro atoms. The highest BCUT2D eigenvalue weighted by Gasteiger charge is 2.45. The Balaban J connectivity index is 1.73. The van der Waals surface area contributed by atoms with E-state index in [1.807, 2.05) is 0 Å². The van der Waals surface area contributed by atoms with Gasteiger partial charge in [0.05, 0.1) is 29.0 Å². The first-order chi connectivity index (χ1) is 14.7. The maximum atomic E-state index is 14.9. The van der Waals surface area contributed by atoms with E-state index in [4.69, 9.17) is 9.47 Å². The van der Waals surface area contributed by atoms with E-state index in [-0.39, 0.29) is 41.8 Å². The molecule has 0 bridgehead atoms. The van der Waals surface area contributed by atoms with Crippen LogP contribution in [0.5, 0.6) is 5.75 Å². The Morgan fingerprint density at radius 3 is 2.84 bits per heavy atom. The number of pyridine rings is 2. The lowest BCUT2D eigenvalue weighted by Crippen LogP contribution is -2.44. The number of aromatic nitrogens is 2. The van der Waals surface area contributed by atoms with Crippen molar-refractivity contribution in [3.8, 4) is 17.1 Å².